The molecule has 4 aromatic rings. The van der Waals surface area contributed by atoms with Crippen molar-refractivity contribution < 1.29 is 9.53 Å². The number of nitrogens with zero attached hydrogens (tertiary/aromatic N) is 2. The van der Waals surface area contributed by atoms with Gasteiger partial charge in [0.05, 0.1) is 17.1 Å². The van der Waals surface area contributed by atoms with E-state index >= 15 is 0 Å². The van der Waals surface area contributed by atoms with Crippen LogP contribution in [0.1, 0.15) is 16.1 Å². The van der Waals surface area contributed by atoms with Crippen LogP contribution in [0, 0.1) is 6.92 Å². The van der Waals surface area contributed by atoms with Crippen LogP contribution < -0.4 is 10.1 Å². The number of nitrogens with one attached hydrogen (secondary N) is 1. The zero-order valence-corrected chi connectivity index (χ0v) is 16.9. The molecule has 6 heteroatoms. The molecule has 0 bridgehead atoms. The maximum Gasteiger partial charge on any atom is 0.270 e. The Kier molecular flexibility index (Phi) is 5.72. The van der Waals surface area contributed by atoms with Crippen LogP contribution in [0.2, 0.25) is 0 Å². The summed E-state index contributed by atoms with van der Waals surface area (Å²) in [6, 6.07) is 23.3. The third-order valence-electron chi connectivity index (χ3n) is 4.39. The van der Waals surface area contributed by atoms with Crippen LogP contribution >= 0.6 is 11.3 Å². The number of carbonyl (C=O) groups excluding carboxylic acids is 1. The first-order chi connectivity index (χ1) is 14.2. The lowest BCUT2D eigenvalue weighted by Crippen LogP contribution is -2.29. The van der Waals surface area contributed by atoms with Crippen molar-refractivity contribution in [2.24, 2.45) is 0 Å². The number of carbonyl (C=O) groups is 1. The van der Waals surface area contributed by atoms with Crippen LogP contribution in [0.25, 0.3) is 16.3 Å². The fourth-order valence-electron chi connectivity index (χ4n) is 2.91. The fourth-order valence-corrected chi connectivity index (χ4v) is 3.59. The van der Waals surface area contributed by atoms with Crippen LogP contribution in [0.5, 0.6) is 5.75 Å². The Morgan fingerprint density at radius 2 is 1.86 bits per heavy atom. The van der Waals surface area contributed by atoms with E-state index in [1.165, 1.54) is 5.56 Å². The van der Waals surface area contributed by atoms with E-state index < -0.39 is 0 Å². The van der Waals surface area contributed by atoms with Crippen LogP contribution in [0.4, 0.5) is 0 Å². The summed E-state index contributed by atoms with van der Waals surface area (Å²) in [7, 11) is 0. The predicted octanol–water partition coefficient (Wildman–Crippen LogP) is 4.72. The van der Waals surface area contributed by atoms with Crippen LogP contribution in [0.3, 0.4) is 0 Å². The van der Waals surface area contributed by atoms with Gasteiger partial charge in [-0.2, -0.15) is 5.10 Å². The molecule has 0 fully saturated rings. The van der Waals surface area contributed by atoms with Gasteiger partial charge in [-0.1, -0.05) is 42.0 Å². The Labute approximate surface area is 173 Å². The number of aryl methyl sites for hydroxylation is 1. The third kappa shape index (κ3) is 4.55. The summed E-state index contributed by atoms with van der Waals surface area (Å²) in [5, 5.41) is 9.59. The summed E-state index contributed by atoms with van der Waals surface area (Å²) in [6.07, 6.45) is 0. The van der Waals surface area contributed by atoms with Gasteiger partial charge >= 0.3 is 0 Å². The highest BCUT2D eigenvalue weighted by molar-refractivity contribution is 7.13. The number of amides is 1. The van der Waals surface area contributed by atoms with E-state index in [0.29, 0.717) is 18.8 Å². The van der Waals surface area contributed by atoms with Gasteiger partial charge in [0.1, 0.15) is 23.7 Å². The molecule has 0 saturated heterocycles. The van der Waals surface area contributed by atoms with E-state index in [9.17, 15) is 4.79 Å². The highest BCUT2D eigenvalue weighted by atomic mass is 32.1. The minimum Gasteiger partial charge on any atom is -0.492 e. The van der Waals surface area contributed by atoms with E-state index in [0.717, 1.165) is 22.0 Å². The molecule has 0 spiro atoms. The molecule has 2 aromatic heterocycles. The number of rotatable bonds is 7. The predicted molar refractivity (Wildman–Crippen MR) is 116 cm³/mol. The van der Waals surface area contributed by atoms with Crippen LogP contribution in [-0.2, 0) is 0 Å². The second-order valence-electron chi connectivity index (χ2n) is 6.56. The van der Waals surface area contributed by atoms with E-state index in [2.05, 4.69) is 10.4 Å². The summed E-state index contributed by atoms with van der Waals surface area (Å²) in [5.74, 6) is 0.607. The Hall–Kier alpha value is -3.38. The Bertz CT molecular complexity index is 1070. The van der Waals surface area contributed by atoms with Gasteiger partial charge < -0.3 is 10.1 Å². The highest BCUT2D eigenvalue weighted by Gasteiger charge is 2.17. The lowest BCUT2D eigenvalue weighted by molar-refractivity contribution is 0.0939. The average molecular weight is 404 g/mol. The van der Waals surface area contributed by atoms with Gasteiger partial charge in [-0.25, -0.2) is 4.68 Å². The summed E-state index contributed by atoms with van der Waals surface area (Å²) in [5.41, 5.74) is 3.30. The summed E-state index contributed by atoms with van der Waals surface area (Å²) in [6.45, 7) is 2.83. The van der Waals surface area contributed by atoms with Gasteiger partial charge in [-0.15, -0.1) is 11.3 Å². The fraction of sp³-hybridized carbons (Fsp3) is 0.130. The van der Waals surface area contributed by atoms with E-state index in [1.807, 2.05) is 85.1 Å². The van der Waals surface area contributed by atoms with Crippen molar-refractivity contribution >= 4 is 17.2 Å². The van der Waals surface area contributed by atoms with Crippen molar-refractivity contribution in [3.05, 3.63) is 89.4 Å². The zero-order chi connectivity index (χ0) is 20.1. The lowest BCUT2D eigenvalue weighted by atomic mass is 10.2. The number of para-hydroxylation sites is 1. The topological polar surface area (TPSA) is 56.1 Å². The first kappa shape index (κ1) is 19.0. The number of thiophene rings is 1. The van der Waals surface area contributed by atoms with Crippen LogP contribution in [0.15, 0.2) is 78.2 Å². The SMILES string of the molecule is Cc1ccc(OCCNC(=O)c2cc(-c3cccs3)nn2-c2ccccc2)cc1. The number of benzene rings is 2. The number of aromatic nitrogens is 2. The number of hydrogen-bond donors (Lipinski definition) is 1. The standard InChI is InChI=1S/C23H21N3O2S/c1-17-9-11-19(12-10-17)28-14-13-24-23(27)21-16-20(22-8-5-15-29-22)25-26(21)18-6-3-2-4-7-18/h2-12,15-16H,13-14H2,1H3,(H,24,27). The quantitative estimate of drug-likeness (QED) is 0.454. The first-order valence-electron chi connectivity index (χ1n) is 9.38. The molecule has 0 aliphatic carbocycles. The second-order valence-corrected chi connectivity index (χ2v) is 7.50. The van der Waals surface area contributed by atoms with Gasteiger partial charge in [0.2, 0.25) is 0 Å². The maximum absolute atomic E-state index is 12.9. The molecular weight excluding hydrogens is 382 g/mol. The Balaban J connectivity index is 1.47. The van der Waals surface area contributed by atoms with Crippen molar-refractivity contribution in [1.29, 1.82) is 0 Å². The molecule has 146 valence electrons. The van der Waals surface area contributed by atoms with Gasteiger partial charge in [-0.3, -0.25) is 4.79 Å². The van der Waals surface area contributed by atoms with Gasteiger partial charge in [0.25, 0.3) is 5.91 Å². The smallest absolute Gasteiger partial charge is 0.270 e. The monoisotopic (exact) mass is 403 g/mol. The Morgan fingerprint density at radius 3 is 2.59 bits per heavy atom. The molecule has 5 nitrogen and oxygen atoms in total. The largest absolute Gasteiger partial charge is 0.492 e. The molecule has 1 N–H and O–H groups in total. The molecule has 0 atom stereocenters. The summed E-state index contributed by atoms with van der Waals surface area (Å²) >= 11 is 1.60. The van der Waals surface area contributed by atoms with Crippen molar-refractivity contribution in [1.82, 2.24) is 15.1 Å². The van der Waals surface area contributed by atoms with Crippen molar-refractivity contribution in [2.75, 3.05) is 13.2 Å². The molecule has 4 rings (SSSR count). The molecule has 0 unspecified atom stereocenters. The van der Waals surface area contributed by atoms with Crippen molar-refractivity contribution in [2.45, 2.75) is 6.92 Å². The summed E-state index contributed by atoms with van der Waals surface area (Å²) < 4.78 is 7.38. The molecule has 2 aromatic carbocycles. The third-order valence-corrected chi connectivity index (χ3v) is 5.29. The van der Waals surface area contributed by atoms with Crippen molar-refractivity contribution in [3.8, 4) is 22.0 Å². The highest BCUT2D eigenvalue weighted by Crippen LogP contribution is 2.25. The van der Waals surface area contributed by atoms with Gasteiger partial charge in [-0.05, 0) is 48.7 Å². The van der Waals surface area contributed by atoms with Gasteiger partial charge in [0, 0.05) is 0 Å². The second kappa shape index (κ2) is 8.75. The van der Waals surface area contributed by atoms with E-state index in [4.69, 9.17) is 4.74 Å². The molecule has 29 heavy (non-hydrogen) atoms. The minimum absolute atomic E-state index is 0.184. The number of hydrogen-bond acceptors (Lipinski definition) is 4. The molecule has 2 heterocycles. The normalized spacial score (nSPS) is 10.7. The molecular formula is C23H21N3O2S. The number of ether oxygens (including phenoxy) is 1. The van der Waals surface area contributed by atoms with Crippen LogP contribution in [-0.4, -0.2) is 28.8 Å². The molecule has 0 aliphatic rings. The summed E-state index contributed by atoms with van der Waals surface area (Å²) in [4.78, 5) is 13.9. The average Bonchev–Trinajstić information content (AvgIpc) is 3.43. The Morgan fingerprint density at radius 1 is 1.07 bits per heavy atom. The molecule has 0 aliphatic heterocycles. The van der Waals surface area contributed by atoms with E-state index in [1.54, 1.807) is 16.0 Å². The molecule has 0 radical (unpaired) electrons. The van der Waals surface area contributed by atoms with Crippen molar-refractivity contribution in [3.63, 3.8) is 0 Å². The van der Waals surface area contributed by atoms with E-state index in [-0.39, 0.29) is 5.91 Å². The minimum atomic E-state index is -0.184. The maximum atomic E-state index is 12.9. The zero-order valence-electron chi connectivity index (χ0n) is 16.0. The lowest BCUT2D eigenvalue weighted by Gasteiger charge is -2.09. The van der Waals surface area contributed by atoms with Gasteiger partial charge in [0.15, 0.2) is 0 Å². The molecule has 1 amide bonds. The first-order valence-corrected chi connectivity index (χ1v) is 10.3. The molecule has 0 saturated carbocycles.